The highest BCUT2D eigenvalue weighted by Crippen LogP contribution is 2.30. The molecule has 1 fully saturated rings. The summed E-state index contributed by atoms with van der Waals surface area (Å²) in [5.74, 6) is -1.36. The van der Waals surface area contributed by atoms with Crippen molar-refractivity contribution in [3.63, 3.8) is 0 Å². The molecule has 0 spiro atoms. The van der Waals surface area contributed by atoms with E-state index in [0.717, 1.165) is 42.4 Å². The molecule has 32 heavy (non-hydrogen) atoms. The molecular formula is C23H29N7O2. The number of rotatable bonds is 6. The number of hydrogen-bond donors (Lipinski definition) is 3. The minimum Gasteiger partial charge on any atom is -0.334 e. The molecule has 1 aliphatic carbocycles. The SMILES string of the molecule is COC1(N(C(=O)NCc2ccccc2)C2CCC(N)CC2)N=CC(c2cncnc2)=CN1. The minimum atomic E-state index is -1.36. The highest BCUT2D eigenvalue weighted by molar-refractivity contribution is 6.10. The van der Waals surface area contributed by atoms with Crippen molar-refractivity contribution in [2.75, 3.05) is 7.11 Å². The predicted molar refractivity (Wildman–Crippen MR) is 122 cm³/mol. The third-order valence-corrected chi connectivity index (χ3v) is 5.91. The number of aromatic nitrogens is 2. The first-order chi connectivity index (χ1) is 15.6. The van der Waals surface area contributed by atoms with E-state index in [-0.39, 0.29) is 18.1 Å². The molecule has 9 heteroatoms. The van der Waals surface area contributed by atoms with Crippen molar-refractivity contribution in [2.24, 2.45) is 10.7 Å². The zero-order chi connectivity index (χ0) is 22.4. The van der Waals surface area contributed by atoms with Crippen LogP contribution in [0.2, 0.25) is 0 Å². The quantitative estimate of drug-likeness (QED) is 0.599. The van der Waals surface area contributed by atoms with E-state index in [1.807, 2.05) is 30.3 Å². The number of allylic oxidation sites excluding steroid dienone is 1. The second kappa shape index (κ2) is 9.88. The molecule has 0 bridgehead atoms. The molecule has 1 atom stereocenters. The summed E-state index contributed by atoms with van der Waals surface area (Å²) in [6, 6.07) is 9.65. The van der Waals surface area contributed by atoms with E-state index in [4.69, 9.17) is 10.5 Å². The number of nitrogens with zero attached hydrogens (tertiary/aromatic N) is 4. The molecule has 2 aromatic rings. The molecule has 2 aliphatic rings. The van der Waals surface area contributed by atoms with Gasteiger partial charge in [0, 0.05) is 61.7 Å². The first kappa shape index (κ1) is 21.9. The Morgan fingerprint density at radius 2 is 1.94 bits per heavy atom. The van der Waals surface area contributed by atoms with E-state index in [1.165, 1.54) is 6.33 Å². The van der Waals surface area contributed by atoms with Crippen LogP contribution in [0.4, 0.5) is 4.79 Å². The number of benzene rings is 1. The second-order valence-corrected chi connectivity index (χ2v) is 8.02. The Morgan fingerprint density at radius 3 is 2.56 bits per heavy atom. The van der Waals surface area contributed by atoms with Crippen molar-refractivity contribution < 1.29 is 9.53 Å². The Labute approximate surface area is 187 Å². The number of amides is 2. The molecule has 1 saturated carbocycles. The van der Waals surface area contributed by atoms with Crippen LogP contribution < -0.4 is 16.4 Å². The van der Waals surface area contributed by atoms with Gasteiger partial charge in [0.2, 0.25) is 0 Å². The minimum absolute atomic E-state index is 0.0646. The summed E-state index contributed by atoms with van der Waals surface area (Å²) in [5, 5.41) is 6.24. The van der Waals surface area contributed by atoms with Crippen LogP contribution in [0.5, 0.6) is 0 Å². The van der Waals surface area contributed by atoms with Crippen molar-refractivity contribution >= 4 is 17.8 Å². The lowest BCUT2D eigenvalue weighted by Crippen LogP contribution is -2.66. The van der Waals surface area contributed by atoms with E-state index in [1.54, 1.807) is 36.8 Å². The predicted octanol–water partition coefficient (Wildman–Crippen LogP) is 2.23. The van der Waals surface area contributed by atoms with E-state index in [0.29, 0.717) is 6.54 Å². The Morgan fingerprint density at radius 1 is 1.22 bits per heavy atom. The third-order valence-electron chi connectivity index (χ3n) is 5.91. The zero-order valence-electron chi connectivity index (χ0n) is 18.1. The van der Waals surface area contributed by atoms with Crippen LogP contribution in [-0.2, 0) is 11.3 Å². The molecule has 1 aromatic heterocycles. The molecule has 1 aromatic carbocycles. The average Bonchev–Trinajstić information content (AvgIpc) is 2.85. The molecule has 0 radical (unpaired) electrons. The summed E-state index contributed by atoms with van der Waals surface area (Å²) in [5.41, 5.74) is 8.75. The van der Waals surface area contributed by atoms with Crippen LogP contribution in [0.15, 0.2) is 60.2 Å². The summed E-state index contributed by atoms with van der Waals surface area (Å²) in [4.78, 5) is 27.9. The monoisotopic (exact) mass is 435 g/mol. The van der Waals surface area contributed by atoms with E-state index in [9.17, 15) is 4.79 Å². The van der Waals surface area contributed by atoms with Gasteiger partial charge in [0.15, 0.2) is 0 Å². The highest BCUT2D eigenvalue weighted by Gasteiger charge is 2.45. The van der Waals surface area contributed by atoms with Gasteiger partial charge in [-0.05, 0) is 31.2 Å². The molecule has 9 nitrogen and oxygen atoms in total. The fraction of sp³-hybridized carbons (Fsp3) is 0.391. The van der Waals surface area contributed by atoms with E-state index in [2.05, 4.69) is 25.6 Å². The molecule has 1 aliphatic heterocycles. The van der Waals surface area contributed by atoms with Gasteiger partial charge in [-0.1, -0.05) is 30.3 Å². The molecule has 4 N–H and O–H groups in total. The molecule has 2 heterocycles. The number of nitrogens with one attached hydrogen (secondary N) is 2. The first-order valence-corrected chi connectivity index (χ1v) is 10.8. The Balaban J connectivity index is 1.57. The Hall–Kier alpha value is -3.30. The van der Waals surface area contributed by atoms with Crippen LogP contribution in [0.25, 0.3) is 5.57 Å². The fourth-order valence-electron chi connectivity index (χ4n) is 4.12. The number of carbonyl (C=O) groups excluding carboxylic acids is 1. The highest BCUT2D eigenvalue weighted by atomic mass is 16.5. The van der Waals surface area contributed by atoms with Crippen molar-refractivity contribution in [1.82, 2.24) is 25.5 Å². The van der Waals surface area contributed by atoms with Gasteiger partial charge in [-0.15, -0.1) is 0 Å². The summed E-state index contributed by atoms with van der Waals surface area (Å²) >= 11 is 0. The van der Waals surface area contributed by atoms with E-state index >= 15 is 0 Å². The normalized spacial score (nSPS) is 24.9. The average molecular weight is 436 g/mol. The van der Waals surface area contributed by atoms with Crippen molar-refractivity contribution in [3.05, 3.63) is 66.4 Å². The van der Waals surface area contributed by atoms with Gasteiger partial charge in [-0.2, -0.15) is 0 Å². The van der Waals surface area contributed by atoms with Gasteiger partial charge >= 0.3 is 12.0 Å². The summed E-state index contributed by atoms with van der Waals surface area (Å²) in [7, 11) is 1.54. The lowest BCUT2D eigenvalue weighted by molar-refractivity contribution is -0.141. The molecule has 1 unspecified atom stereocenters. The number of ether oxygens (including phenoxy) is 1. The van der Waals surface area contributed by atoms with E-state index < -0.39 is 5.97 Å². The molecule has 0 saturated heterocycles. The number of hydrogen-bond acceptors (Lipinski definition) is 7. The number of nitrogens with two attached hydrogens (primary N) is 1. The topological polar surface area (TPSA) is 118 Å². The zero-order valence-corrected chi connectivity index (χ0v) is 18.1. The van der Waals surface area contributed by atoms with Crippen LogP contribution in [0.3, 0.4) is 0 Å². The Kier molecular flexibility index (Phi) is 6.77. The van der Waals surface area contributed by atoms with Gasteiger partial charge in [0.25, 0.3) is 0 Å². The first-order valence-electron chi connectivity index (χ1n) is 10.8. The third kappa shape index (κ3) is 4.79. The molecular weight excluding hydrogens is 406 g/mol. The van der Waals surface area contributed by atoms with Gasteiger partial charge < -0.3 is 21.1 Å². The maximum atomic E-state index is 13.5. The van der Waals surface area contributed by atoms with Gasteiger partial charge in [-0.25, -0.2) is 19.8 Å². The van der Waals surface area contributed by atoms with Gasteiger partial charge in [0.05, 0.1) is 0 Å². The fourth-order valence-corrected chi connectivity index (χ4v) is 4.12. The van der Waals surface area contributed by atoms with Crippen molar-refractivity contribution in [3.8, 4) is 0 Å². The number of methoxy groups -OCH3 is 1. The lowest BCUT2D eigenvalue weighted by Gasteiger charge is -2.46. The van der Waals surface area contributed by atoms with Crippen LogP contribution in [-0.4, -0.2) is 52.3 Å². The molecule has 4 rings (SSSR count). The number of carbonyl (C=O) groups is 1. The number of urea groups is 1. The standard InChI is InChI=1S/C23H29N7O2/c1-32-23(28-14-19(15-29-23)18-12-25-16-26-13-18)30(21-9-7-20(24)8-10-21)22(31)27-11-17-5-3-2-4-6-17/h2-6,12-16,20-21,28H,7-11,24H2,1H3,(H,27,31). The maximum Gasteiger partial charge on any atom is 0.328 e. The second-order valence-electron chi connectivity index (χ2n) is 8.02. The van der Waals surface area contributed by atoms with Crippen LogP contribution in [0.1, 0.15) is 36.8 Å². The van der Waals surface area contributed by atoms with Crippen molar-refractivity contribution in [1.29, 1.82) is 0 Å². The van der Waals surface area contributed by atoms with Gasteiger partial charge in [0.1, 0.15) is 6.33 Å². The lowest BCUT2D eigenvalue weighted by atomic mass is 9.90. The van der Waals surface area contributed by atoms with Gasteiger partial charge in [-0.3, -0.25) is 4.90 Å². The number of aliphatic imine (C=N–C) groups is 1. The maximum absolute atomic E-state index is 13.5. The Bertz CT molecular complexity index is 959. The molecule has 2 amide bonds. The van der Waals surface area contributed by atoms with Crippen molar-refractivity contribution in [2.45, 2.75) is 50.3 Å². The summed E-state index contributed by atoms with van der Waals surface area (Å²) < 4.78 is 5.83. The summed E-state index contributed by atoms with van der Waals surface area (Å²) in [6.45, 7) is 0.411. The molecule has 168 valence electrons. The largest absolute Gasteiger partial charge is 0.334 e. The smallest absolute Gasteiger partial charge is 0.328 e. The van der Waals surface area contributed by atoms with Crippen LogP contribution in [0, 0.1) is 0 Å². The summed E-state index contributed by atoms with van der Waals surface area (Å²) in [6.07, 6.45) is 11.6. The van der Waals surface area contributed by atoms with Crippen LogP contribution >= 0.6 is 0 Å².